The van der Waals surface area contributed by atoms with E-state index in [9.17, 15) is 17.2 Å². The molecule has 0 heterocycles. The highest BCUT2D eigenvalue weighted by atomic mass is 32.2. The number of rotatable bonds is 5. The molecule has 0 aliphatic carbocycles. The molecule has 0 saturated heterocycles. The van der Waals surface area contributed by atoms with E-state index in [2.05, 4.69) is 20.0 Å². The zero-order chi connectivity index (χ0) is 18.4. The van der Waals surface area contributed by atoms with Crippen molar-refractivity contribution in [3.63, 3.8) is 0 Å². The molecule has 0 aliphatic rings. The molecule has 0 unspecified atom stereocenters. The van der Waals surface area contributed by atoms with Crippen LogP contribution in [-0.4, -0.2) is 20.6 Å². The van der Waals surface area contributed by atoms with Gasteiger partial charge in [0.05, 0.1) is 6.21 Å². The summed E-state index contributed by atoms with van der Waals surface area (Å²) in [5.41, 5.74) is 8.26. The Balaban J connectivity index is 2.00. The normalized spacial score (nSPS) is 12.4. The molecular weight excluding hydrogens is 354 g/mol. The van der Waals surface area contributed by atoms with Crippen molar-refractivity contribution in [1.82, 2.24) is 5.43 Å². The average Bonchev–Trinajstić information content (AvgIpc) is 2.57. The number of nitrogens with zero attached hydrogens (tertiary/aromatic N) is 2. The number of hydrogen-bond donors (Lipinski definition) is 2. The lowest BCUT2D eigenvalue weighted by molar-refractivity contribution is 0.336. The fourth-order valence-corrected chi connectivity index (χ4v) is 2.38. The van der Waals surface area contributed by atoms with Gasteiger partial charge in [0.15, 0.2) is 11.6 Å². The van der Waals surface area contributed by atoms with E-state index < -0.39 is 27.7 Å². The molecule has 7 nitrogen and oxygen atoms in total. The summed E-state index contributed by atoms with van der Waals surface area (Å²) in [7, 11) is -4.13. The van der Waals surface area contributed by atoms with E-state index in [0.29, 0.717) is 0 Å². The summed E-state index contributed by atoms with van der Waals surface area (Å²) in [6.45, 7) is 1.80. The number of benzene rings is 2. The molecule has 0 spiro atoms. The number of hydrogen-bond acceptors (Lipinski definition) is 5. The van der Waals surface area contributed by atoms with Crippen LogP contribution in [0, 0.1) is 18.6 Å². The Kier molecular flexibility index (Phi) is 5.65. The van der Waals surface area contributed by atoms with Crippen LogP contribution in [0.15, 0.2) is 57.6 Å². The highest BCUT2D eigenvalue weighted by molar-refractivity contribution is 7.86. The summed E-state index contributed by atoms with van der Waals surface area (Å²) in [5, 5.41) is 6.70. The van der Waals surface area contributed by atoms with Gasteiger partial charge in [-0.3, -0.25) is 4.28 Å². The van der Waals surface area contributed by atoms with Crippen LogP contribution < -0.4 is 11.2 Å². The first kappa shape index (κ1) is 18.3. The second-order valence-electron chi connectivity index (χ2n) is 4.83. The molecular formula is C15H14F2N4O3S. The standard InChI is InChI=1S/C15H14F2N4O3S/c1-10-5-7-12(8-6-10)25(22,23)24-21-15(18)20-19-9-11-3-2-4-13(16)14(11)17/h2-9H,1H3,(H3,18,20,21). The first-order valence-electron chi connectivity index (χ1n) is 6.86. The number of hydrazone groups is 1. The second-order valence-corrected chi connectivity index (χ2v) is 6.36. The Morgan fingerprint density at radius 2 is 1.88 bits per heavy atom. The van der Waals surface area contributed by atoms with Gasteiger partial charge >= 0.3 is 10.1 Å². The van der Waals surface area contributed by atoms with Gasteiger partial charge in [0.2, 0.25) is 0 Å². The smallest absolute Gasteiger partial charge is 0.358 e. The molecule has 0 amide bonds. The number of guanidine groups is 1. The molecule has 2 rings (SSSR count). The number of halogens is 2. The monoisotopic (exact) mass is 368 g/mol. The van der Waals surface area contributed by atoms with Crippen molar-refractivity contribution in [1.29, 1.82) is 0 Å². The zero-order valence-corrected chi connectivity index (χ0v) is 13.8. The van der Waals surface area contributed by atoms with Crippen LogP contribution in [0.2, 0.25) is 0 Å². The summed E-state index contributed by atoms with van der Waals surface area (Å²) < 4.78 is 54.6. The highest BCUT2D eigenvalue weighted by Gasteiger charge is 2.15. The molecule has 0 aliphatic heterocycles. The quantitative estimate of drug-likeness (QED) is 0.476. The van der Waals surface area contributed by atoms with Gasteiger partial charge in [-0.05, 0) is 30.3 Å². The zero-order valence-electron chi connectivity index (χ0n) is 13.0. The largest absolute Gasteiger partial charge is 0.366 e. The van der Waals surface area contributed by atoms with Crippen molar-refractivity contribution in [3.05, 3.63) is 65.2 Å². The van der Waals surface area contributed by atoms with Crippen LogP contribution >= 0.6 is 0 Å². The predicted molar refractivity (Wildman–Crippen MR) is 88.2 cm³/mol. The van der Waals surface area contributed by atoms with E-state index in [1.807, 2.05) is 0 Å². The van der Waals surface area contributed by atoms with Crippen LogP contribution in [0.5, 0.6) is 0 Å². The van der Waals surface area contributed by atoms with Gasteiger partial charge in [0.25, 0.3) is 5.96 Å². The fraction of sp³-hybridized carbons (Fsp3) is 0.0667. The Hall–Kier alpha value is -3.01. The van der Waals surface area contributed by atoms with Crippen molar-refractivity contribution < 1.29 is 21.5 Å². The third-order valence-corrected chi connectivity index (χ3v) is 4.03. The maximum atomic E-state index is 13.4. The summed E-state index contributed by atoms with van der Waals surface area (Å²) in [5.74, 6) is -2.61. The minimum Gasteiger partial charge on any atom is -0.366 e. The maximum Gasteiger partial charge on any atom is 0.358 e. The van der Waals surface area contributed by atoms with E-state index in [1.54, 1.807) is 19.1 Å². The number of nitrogens with two attached hydrogens (primary N) is 1. The molecule has 2 aromatic rings. The molecule has 132 valence electrons. The van der Waals surface area contributed by atoms with Crippen LogP contribution in [0.1, 0.15) is 11.1 Å². The van der Waals surface area contributed by atoms with Gasteiger partial charge in [-0.15, -0.1) is 0 Å². The molecule has 0 atom stereocenters. The van der Waals surface area contributed by atoms with E-state index >= 15 is 0 Å². The topological polar surface area (TPSA) is 106 Å². The summed E-state index contributed by atoms with van der Waals surface area (Å²) in [6.07, 6.45) is 0.954. The van der Waals surface area contributed by atoms with Gasteiger partial charge in [-0.2, -0.15) is 13.5 Å². The predicted octanol–water partition coefficient (Wildman–Crippen LogP) is 1.83. The molecule has 0 bridgehead atoms. The lowest BCUT2D eigenvalue weighted by Crippen LogP contribution is -2.28. The molecule has 0 saturated carbocycles. The van der Waals surface area contributed by atoms with Gasteiger partial charge in [-0.25, -0.2) is 14.2 Å². The molecule has 0 fully saturated rings. The lowest BCUT2D eigenvalue weighted by atomic mass is 10.2. The summed E-state index contributed by atoms with van der Waals surface area (Å²) >= 11 is 0. The molecule has 2 aromatic carbocycles. The molecule has 25 heavy (non-hydrogen) atoms. The van der Waals surface area contributed by atoms with Gasteiger partial charge < -0.3 is 5.73 Å². The van der Waals surface area contributed by atoms with Crippen molar-refractivity contribution in [2.24, 2.45) is 16.0 Å². The van der Waals surface area contributed by atoms with Crippen molar-refractivity contribution in [2.45, 2.75) is 11.8 Å². The van der Waals surface area contributed by atoms with Crippen molar-refractivity contribution >= 4 is 22.3 Å². The van der Waals surface area contributed by atoms with Crippen LogP contribution in [0.4, 0.5) is 8.78 Å². The Labute approximate surface area is 142 Å². The first-order chi connectivity index (χ1) is 11.8. The third kappa shape index (κ3) is 4.98. The van der Waals surface area contributed by atoms with E-state index in [4.69, 9.17) is 5.73 Å². The minimum absolute atomic E-state index is 0.0972. The Bertz CT molecular complexity index is 913. The van der Waals surface area contributed by atoms with Crippen molar-refractivity contribution in [3.8, 4) is 0 Å². The molecule has 0 aromatic heterocycles. The van der Waals surface area contributed by atoms with E-state index in [1.165, 1.54) is 24.3 Å². The van der Waals surface area contributed by atoms with Crippen molar-refractivity contribution in [2.75, 3.05) is 0 Å². The van der Waals surface area contributed by atoms with Gasteiger partial charge in [0, 0.05) is 5.56 Å². The number of nitrogens with one attached hydrogen (secondary N) is 1. The van der Waals surface area contributed by atoms with Crippen LogP contribution in [-0.2, 0) is 14.4 Å². The average molecular weight is 368 g/mol. The maximum absolute atomic E-state index is 13.4. The third-order valence-electron chi connectivity index (χ3n) is 2.91. The van der Waals surface area contributed by atoms with Crippen LogP contribution in [0.3, 0.4) is 0 Å². The van der Waals surface area contributed by atoms with Gasteiger partial charge in [-0.1, -0.05) is 29.8 Å². The second kappa shape index (κ2) is 7.71. The molecule has 0 radical (unpaired) electrons. The Morgan fingerprint density at radius 1 is 1.20 bits per heavy atom. The van der Waals surface area contributed by atoms with E-state index in [0.717, 1.165) is 17.8 Å². The Morgan fingerprint density at radius 3 is 2.56 bits per heavy atom. The number of aryl methyl sites for hydroxylation is 1. The molecule has 3 N–H and O–H groups in total. The van der Waals surface area contributed by atoms with E-state index in [-0.39, 0.29) is 10.5 Å². The first-order valence-corrected chi connectivity index (χ1v) is 8.27. The fourth-order valence-electron chi connectivity index (χ4n) is 1.65. The lowest BCUT2D eigenvalue weighted by Gasteiger charge is -2.03. The van der Waals surface area contributed by atoms with Gasteiger partial charge in [0.1, 0.15) is 4.90 Å². The minimum atomic E-state index is -4.13. The summed E-state index contributed by atoms with van der Waals surface area (Å²) in [4.78, 5) is -0.0972. The summed E-state index contributed by atoms with van der Waals surface area (Å²) in [6, 6.07) is 9.45. The highest BCUT2D eigenvalue weighted by Crippen LogP contribution is 2.13. The SMILES string of the molecule is Cc1ccc(S(=O)(=O)ON=C(N)NN=Cc2cccc(F)c2F)cc1. The number of oxime groups is 1. The molecule has 10 heteroatoms. The van der Waals surface area contributed by atoms with Crippen LogP contribution in [0.25, 0.3) is 0 Å².